The maximum Gasteiger partial charge on any atom is 0.211 e. The number of aromatic nitrogens is 1. The zero-order chi connectivity index (χ0) is 9.10. The number of hydrogen-bond acceptors (Lipinski definition) is 0. The maximum atomic E-state index is 12.8. The van der Waals surface area contributed by atoms with E-state index in [4.69, 9.17) is 0 Å². The summed E-state index contributed by atoms with van der Waals surface area (Å²) in [7, 11) is 0. The molecule has 2 rings (SSSR count). The van der Waals surface area contributed by atoms with Crippen LogP contribution in [0.2, 0.25) is 0 Å². The van der Waals surface area contributed by atoms with Crippen LogP contribution in [0.15, 0.2) is 48.8 Å². The average molecular weight is 173 g/mol. The number of benzene rings is 1. The highest BCUT2D eigenvalue weighted by atomic mass is 19.1. The highest BCUT2D eigenvalue weighted by Gasteiger charge is 2.04. The van der Waals surface area contributed by atoms with E-state index in [0.717, 1.165) is 5.69 Å². The molecule has 1 heterocycles. The van der Waals surface area contributed by atoms with Crippen LogP contribution in [0.3, 0.4) is 0 Å². The average Bonchev–Trinajstić information content (AvgIpc) is 2.19. The fourth-order valence-corrected chi connectivity index (χ4v) is 1.15. The van der Waals surface area contributed by atoms with Crippen molar-refractivity contribution in [1.82, 2.24) is 0 Å². The minimum atomic E-state index is -0.244. The molecule has 0 unspecified atom stereocenters. The molecule has 0 spiro atoms. The second kappa shape index (κ2) is 3.35. The Morgan fingerprint density at radius 2 is 2.15 bits per heavy atom. The fraction of sp³-hybridized carbons (Fsp3) is 0. The van der Waals surface area contributed by atoms with Gasteiger partial charge in [-0.05, 0) is 12.1 Å². The smallest absolute Gasteiger partial charge is 0.200 e. The molecule has 2 aromatic rings. The predicted molar refractivity (Wildman–Crippen MR) is 46.8 cm³/mol. The highest BCUT2D eigenvalue weighted by molar-refractivity contribution is 5.20. The van der Waals surface area contributed by atoms with Gasteiger partial charge in [-0.1, -0.05) is 12.1 Å². The number of hydrogen-bond donors (Lipinski definition) is 0. The van der Waals surface area contributed by atoms with Crippen molar-refractivity contribution in [3.63, 3.8) is 0 Å². The maximum absolute atomic E-state index is 12.8. The van der Waals surface area contributed by atoms with Crippen molar-refractivity contribution in [1.29, 1.82) is 0 Å². The van der Waals surface area contributed by atoms with E-state index in [1.54, 1.807) is 22.9 Å². The van der Waals surface area contributed by atoms with E-state index in [1.807, 2.05) is 18.2 Å². The summed E-state index contributed by atoms with van der Waals surface area (Å²) in [6, 6.07) is 13.4. The molecule has 0 atom stereocenters. The SMILES string of the molecule is Fc1ccc[n+](-c2c[c]ccc2)c1. The molecule has 0 aliphatic rings. The minimum absolute atomic E-state index is 0.244. The van der Waals surface area contributed by atoms with Crippen LogP contribution in [-0.4, -0.2) is 0 Å². The molecule has 0 fully saturated rings. The summed E-state index contributed by atoms with van der Waals surface area (Å²) in [5.74, 6) is -0.244. The Labute approximate surface area is 76.1 Å². The highest BCUT2D eigenvalue weighted by Crippen LogP contribution is 1.98. The molecule has 0 N–H and O–H groups in total. The van der Waals surface area contributed by atoms with Crippen molar-refractivity contribution in [2.45, 2.75) is 0 Å². The number of nitrogens with zero attached hydrogens (tertiary/aromatic N) is 1. The van der Waals surface area contributed by atoms with Gasteiger partial charge in [-0.25, -0.2) is 4.39 Å². The fourth-order valence-electron chi connectivity index (χ4n) is 1.15. The first kappa shape index (κ1) is 7.92. The van der Waals surface area contributed by atoms with E-state index in [0.29, 0.717) is 0 Å². The van der Waals surface area contributed by atoms with E-state index in [-0.39, 0.29) is 5.82 Å². The molecule has 1 nitrogen and oxygen atoms in total. The number of rotatable bonds is 1. The summed E-state index contributed by atoms with van der Waals surface area (Å²) in [6.07, 6.45) is 3.23. The summed E-state index contributed by atoms with van der Waals surface area (Å²) in [5.41, 5.74) is 0.905. The second-order valence-electron chi connectivity index (χ2n) is 2.69. The Hall–Kier alpha value is -1.70. The lowest BCUT2D eigenvalue weighted by atomic mass is 10.3. The van der Waals surface area contributed by atoms with Crippen molar-refractivity contribution in [2.24, 2.45) is 0 Å². The van der Waals surface area contributed by atoms with Gasteiger partial charge in [-0.2, -0.15) is 4.57 Å². The third kappa shape index (κ3) is 1.72. The number of pyridine rings is 1. The molecule has 0 amide bonds. The summed E-state index contributed by atoms with van der Waals surface area (Å²) in [5, 5.41) is 0. The van der Waals surface area contributed by atoms with E-state index >= 15 is 0 Å². The topological polar surface area (TPSA) is 3.88 Å². The minimum Gasteiger partial charge on any atom is -0.200 e. The van der Waals surface area contributed by atoms with Crippen LogP contribution in [-0.2, 0) is 0 Å². The first-order chi connectivity index (χ1) is 6.36. The lowest BCUT2D eigenvalue weighted by Gasteiger charge is -1.93. The van der Waals surface area contributed by atoms with Gasteiger partial charge in [0, 0.05) is 18.2 Å². The van der Waals surface area contributed by atoms with Crippen molar-refractivity contribution >= 4 is 0 Å². The van der Waals surface area contributed by atoms with Crippen LogP contribution in [0.1, 0.15) is 0 Å². The molecule has 0 saturated heterocycles. The first-order valence-electron chi connectivity index (χ1n) is 3.99. The van der Waals surface area contributed by atoms with Crippen LogP contribution in [0, 0.1) is 11.9 Å². The Kier molecular flexibility index (Phi) is 2.04. The molecule has 0 aliphatic heterocycles. The molecule has 13 heavy (non-hydrogen) atoms. The first-order valence-corrected chi connectivity index (χ1v) is 3.99. The van der Waals surface area contributed by atoms with Gasteiger partial charge in [0.15, 0.2) is 12.0 Å². The van der Waals surface area contributed by atoms with Crippen molar-refractivity contribution in [2.75, 3.05) is 0 Å². The second-order valence-corrected chi connectivity index (χ2v) is 2.69. The van der Waals surface area contributed by atoms with Crippen molar-refractivity contribution in [3.05, 3.63) is 60.7 Å². The lowest BCUT2D eigenvalue weighted by molar-refractivity contribution is -0.597. The monoisotopic (exact) mass is 173 g/mol. The molecule has 1 radical (unpaired) electrons. The molecule has 0 aliphatic carbocycles. The quantitative estimate of drug-likeness (QED) is 0.580. The summed E-state index contributed by atoms with van der Waals surface area (Å²) >= 11 is 0. The third-order valence-corrected chi connectivity index (χ3v) is 1.75. The van der Waals surface area contributed by atoms with Crippen LogP contribution in [0.5, 0.6) is 0 Å². The number of halogens is 1. The van der Waals surface area contributed by atoms with Gasteiger partial charge in [0.25, 0.3) is 0 Å². The molecule has 1 aromatic heterocycles. The zero-order valence-electron chi connectivity index (χ0n) is 6.94. The normalized spacial score (nSPS) is 9.92. The molecule has 1 aromatic carbocycles. The van der Waals surface area contributed by atoms with Gasteiger partial charge < -0.3 is 0 Å². The van der Waals surface area contributed by atoms with Gasteiger partial charge >= 0.3 is 0 Å². The van der Waals surface area contributed by atoms with E-state index in [9.17, 15) is 4.39 Å². The van der Waals surface area contributed by atoms with E-state index < -0.39 is 0 Å². The molecular formula is C11H8FN+. The summed E-state index contributed by atoms with van der Waals surface area (Å²) in [6.45, 7) is 0. The van der Waals surface area contributed by atoms with Gasteiger partial charge in [-0.3, -0.25) is 0 Å². The molecule has 2 heteroatoms. The molecule has 63 valence electrons. The molecule has 0 saturated carbocycles. The van der Waals surface area contributed by atoms with Gasteiger partial charge in [0.05, 0.1) is 0 Å². The van der Waals surface area contributed by atoms with E-state index in [2.05, 4.69) is 6.07 Å². The largest absolute Gasteiger partial charge is 0.211 e. The van der Waals surface area contributed by atoms with Gasteiger partial charge in [0.2, 0.25) is 11.9 Å². The van der Waals surface area contributed by atoms with Crippen molar-refractivity contribution < 1.29 is 8.96 Å². The van der Waals surface area contributed by atoms with Gasteiger partial charge in [-0.15, -0.1) is 0 Å². The summed E-state index contributed by atoms with van der Waals surface area (Å²) < 4.78 is 14.5. The predicted octanol–water partition coefficient (Wildman–Crippen LogP) is 1.90. The van der Waals surface area contributed by atoms with Crippen molar-refractivity contribution in [3.8, 4) is 5.69 Å². The standard InChI is InChI=1S/C11H8FN/c12-10-5-4-8-13(9-10)11-6-2-1-3-7-11/h1-2,4-9H/q+1. The molecule has 0 bridgehead atoms. The molecular weight excluding hydrogens is 165 g/mol. The van der Waals surface area contributed by atoms with E-state index in [1.165, 1.54) is 12.3 Å². The van der Waals surface area contributed by atoms with Gasteiger partial charge in [0.1, 0.15) is 0 Å². The third-order valence-electron chi connectivity index (χ3n) is 1.75. The zero-order valence-corrected chi connectivity index (χ0v) is 6.94. The Morgan fingerprint density at radius 3 is 2.85 bits per heavy atom. The summed E-state index contributed by atoms with van der Waals surface area (Å²) in [4.78, 5) is 0. The Balaban J connectivity index is 2.48. The van der Waals surface area contributed by atoms with Crippen LogP contribution < -0.4 is 4.57 Å². The Morgan fingerprint density at radius 1 is 1.23 bits per heavy atom. The van der Waals surface area contributed by atoms with Crippen LogP contribution in [0.4, 0.5) is 4.39 Å². The van der Waals surface area contributed by atoms with Crippen LogP contribution >= 0.6 is 0 Å². The van der Waals surface area contributed by atoms with Crippen LogP contribution in [0.25, 0.3) is 5.69 Å². The lowest BCUT2D eigenvalue weighted by Crippen LogP contribution is -2.29. The Bertz CT molecular complexity index is 398.